The molecule has 4 rings (SSSR count). The SMILES string of the molecule is Cc1noc(C)c1-c1cccc([C@H]2CN(Cc3cn(C)cn3)CCO2)n1. The van der Waals surface area contributed by atoms with Crippen LogP contribution in [0.4, 0.5) is 0 Å². The third-order valence-electron chi connectivity index (χ3n) is 4.68. The highest BCUT2D eigenvalue weighted by molar-refractivity contribution is 5.63. The maximum absolute atomic E-state index is 6.00. The Morgan fingerprint density at radius 2 is 2.15 bits per heavy atom. The summed E-state index contributed by atoms with van der Waals surface area (Å²) in [5.74, 6) is 0.786. The van der Waals surface area contributed by atoms with E-state index in [9.17, 15) is 0 Å². The summed E-state index contributed by atoms with van der Waals surface area (Å²) in [4.78, 5) is 11.6. The minimum atomic E-state index is -0.0483. The fourth-order valence-corrected chi connectivity index (χ4v) is 3.42. The summed E-state index contributed by atoms with van der Waals surface area (Å²) in [6.07, 6.45) is 3.84. The first kappa shape index (κ1) is 16.9. The Morgan fingerprint density at radius 3 is 2.88 bits per heavy atom. The van der Waals surface area contributed by atoms with Gasteiger partial charge in [0.25, 0.3) is 0 Å². The van der Waals surface area contributed by atoms with Crippen LogP contribution in [0.25, 0.3) is 11.3 Å². The number of hydrogen-bond acceptors (Lipinski definition) is 6. The second-order valence-corrected chi connectivity index (χ2v) is 6.77. The summed E-state index contributed by atoms with van der Waals surface area (Å²) in [5, 5.41) is 4.03. The van der Waals surface area contributed by atoms with Crippen LogP contribution in [0.3, 0.4) is 0 Å². The quantitative estimate of drug-likeness (QED) is 0.718. The van der Waals surface area contributed by atoms with Crippen LogP contribution in [0, 0.1) is 13.8 Å². The number of ether oxygens (including phenoxy) is 1. The lowest BCUT2D eigenvalue weighted by Crippen LogP contribution is -2.38. The van der Waals surface area contributed by atoms with E-state index in [2.05, 4.69) is 21.2 Å². The summed E-state index contributed by atoms with van der Waals surface area (Å²) >= 11 is 0. The van der Waals surface area contributed by atoms with E-state index >= 15 is 0 Å². The van der Waals surface area contributed by atoms with E-state index in [1.54, 1.807) is 0 Å². The molecule has 0 aliphatic carbocycles. The molecule has 1 aliphatic rings. The van der Waals surface area contributed by atoms with Gasteiger partial charge in [-0.1, -0.05) is 11.2 Å². The molecule has 3 aromatic rings. The molecule has 0 aromatic carbocycles. The van der Waals surface area contributed by atoms with Crippen molar-refractivity contribution in [1.82, 2.24) is 24.6 Å². The zero-order valence-electron chi connectivity index (χ0n) is 15.3. The fraction of sp³-hybridized carbons (Fsp3) is 0.421. The molecule has 3 aromatic heterocycles. The van der Waals surface area contributed by atoms with Crippen molar-refractivity contribution in [3.63, 3.8) is 0 Å². The van der Waals surface area contributed by atoms with Crippen LogP contribution in [-0.4, -0.2) is 44.3 Å². The van der Waals surface area contributed by atoms with E-state index in [-0.39, 0.29) is 6.10 Å². The molecule has 136 valence electrons. The van der Waals surface area contributed by atoms with E-state index in [0.717, 1.165) is 53.7 Å². The Bertz CT molecular complexity index is 881. The van der Waals surface area contributed by atoms with Crippen molar-refractivity contribution >= 4 is 0 Å². The molecule has 4 heterocycles. The normalized spacial score (nSPS) is 18.3. The Balaban J connectivity index is 1.53. The van der Waals surface area contributed by atoms with Crippen LogP contribution < -0.4 is 0 Å². The van der Waals surface area contributed by atoms with Gasteiger partial charge in [-0.15, -0.1) is 0 Å². The van der Waals surface area contributed by atoms with Gasteiger partial charge in [-0.3, -0.25) is 4.90 Å². The first-order chi connectivity index (χ1) is 12.6. The minimum absolute atomic E-state index is 0.0483. The maximum Gasteiger partial charge on any atom is 0.143 e. The standard InChI is InChI=1S/C19H23N5O2/c1-13-19(14(2)26-22-13)17-6-4-5-16(21-17)18-11-24(7-8-25-18)10-15-9-23(3)12-20-15/h4-6,9,12,18H,7-8,10-11H2,1-3H3/t18-/m1/s1. The lowest BCUT2D eigenvalue weighted by molar-refractivity contribution is -0.0352. The summed E-state index contributed by atoms with van der Waals surface area (Å²) in [5.41, 5.74) is 4.71. The van der Waals surface area contributed by atoms with Crippen LogP contribution in [0.2, 0.25) is 0 Å². The second-order valence-electron chi connectivity index (χ2n) is 6.77. The molecular weight excluding hydrogens is 330 g/mol. The van der Waals surface area contributed by atoms with Crippen molar-refractivity contribution in [2.75, 3.05) is 19.7 Å². The van der Waals surface area contributed by atoms with Crippen molar-refractivity contribution < 1.29 is 9.26 Å². The molecule has 0 N–H and O–H groups in total. The third-order valence-corrected chi connectivity index (χ3v) is 4.68. The second kappa shape index (κ2) is 7.01. The van der Waals surface area contributed by atoms with E-state index in [0.29, 0.717) is 6.61 Å². The van der Waals surface area contributed by atoms with Crippen LogP contribution >= 0.6 is 0 Å². The third kappa shape index (κ3) is 3.40. The van der Waals surface area contributed by atoms with Crippen molar-refractivity contribution in [2.24, 2.45) is 7.05 Å². The summed E-state index contributed by atoms with van der Waals surface area (Å²) in [7, 11) is 1.99. The zero-order valence-corrected chi connectivity index (χ0v) is 15.3. The molecule has 0 radical (unpaired) electrons. The fourth-order valence-electron chi connectivity index (χ4n) is 3.42. The number of aromatic nitrogens is 4. The van der Waals surface area contributed by atoms with Crippen molar-refractivity contribution in [3.05, 3.63) is 53.6 Å². The number of rotatable bonds is 4. The molecule has 0 spiro atoms. The predicted molar refractivity (Wildman–Crippen MR) is 96.4 cm³/mol. The Hall–Kier alpha value is -2.51. The van der Waals surface area contributed by atoms with Crippen LogP contribution in [0.1, 0.15) is 28.9 Å². The smallest absolute Gasteiger partial charge is 0.143 e. The summed E-state index contributed by atoms with van der Waals surface area (Å²) in [6, 6.07) is 6.03. The highest BCUT2D eigenvalue weighted by Crippen LogP contribution is 2.28. The van der Waals surface area contributed by atoms with Crippen LogP contribution in [0.15, 0.2) is 35.2 Å². The minimum Gasteiger partial charge on any atom is -0.369 e. The van der Waals surface area contributed by atoms with Crippen LogP contribution in [0.5, 0.6) is 0 Å². The number of aryl methyl sites for hydroxylation is 3. The molecule has 1 saturated heterocycles. The molecule has 1 atom stereocenters. The van der Waals surface area contributed by atoms with E-state index in [1.165, 1.54) is 0 Å². The highest BCUT2D eigenvalue weighted by Gasteiger charge is 2.24. The summed E-state index contributed by atoms with van der Waals surface area (Å²) < 4.78 is 13.3. The number of hydrogen-bond donors (Lipinski definition) is 0. The van der Waals surface area contributed by atoms with Crippen molar-refractivity contribution in [1.29, 1.82) is 0 Å². The van der Waals surface area contributed by atoms with Gasteiger partial charge in [0.15, 0.2) is 0 Å². The van der Waals surface area contributed by atoms with Gasteiger partial charge in [-0.05, 0) is 26.0 Å². The first-order valence-electron chi connectivity index (χ1n) is 8.81. The molecule has 7 nitrogen and oxygen atoms in total. The topological polar surface area (TPSA) is 69.2 Å². The molecule has 7 heteroatoms. The molecule has 1 aliphatic heterocycles. The average Bonchev–Trinajstić information content (AvgIpc) is 3.20. The van der Waals surface area contributed by atoms with Gasteiger partial charge >= 0.3 is 0 Å². The molecule has 1 fully saturated rings. The first-order valence-corrected chi connectivity index (χ1v) is 8.81. The number of pyridine rings is 1. The van der Waals surface area contributed by atoms with Gasteiger partial charge in [-0.25, -0.2) is 9.97 Å². The van der Waals surface area contributed by atoms with Crippen molar-refractivity contribution in [2.45, 2.75) is 26.5 Å². The average molecular weight is 353 g/mol. The molecular formula is C19H23N5O2. The van der Waals surface area contributed by atoms with E-state index in [4.69, 9.17) is 14.2 Å². The van der Waals surface area contributed by atoms with E-state index in [1.807, 2.05) is 50.0 Å². The summed E-state index contributed by atoms with van der Waals surface area (Å²) in [6.45, 7) is 7.06. The largest absolute Gasteiger partial charge is 0.369 e. The Kier molecular flexibility index (Phi) is 4.57. The van der Waals surface area contributed by atoms with Gasteiger partial charge in [0, 0.05) is 32.9 Å². The highest BCUT2D eigenvalue weighted by atomic mass is 16.5. The van der Waals surface area contributed by atoms with Gasteiger partial charge in [-0.2, -0.15) is 0 Å². The molecule has 0 unspecified atom stereocenters. The maximum atomic E-state index is 6.00. The molecule has 0 bridgehead atoms. The molecule has 0 saturated carbocycles. The predicted octanol–water partition coefficient (Wildman–Crippen LogP) is 2.66. The van der Waals surface area contributed by atoms with Crippen LogP contribution in [-0.2, 0) is 18.3 Å². The van der Waals surface area contributed by atoms with Crippen molar-refractivity contribution in [3.8, 4) is 11.3 Å². The van der Waals surface area contributed by atoms with Gasteiger partial charge < -0.3 is 13.8 Å². The number of morpholine rings is 1. The van der Waals surface area contributed by atoms with Gasteiger partial charge in [0.05, 0.1) is 41.3 Å². The zero-order chi connectivity index (χ0) is 18.1. The Labute approximate surface area is 152 Å². The van der Waals surface area contributed by atoms with Gasteiger partial charge in [0.1, 0.15) is 11.9 Å². The number of nitrogens with zero attached hydrogens (tertiary/aromatic N) is 5. The molecule has 26 heavy (non-hydrogen) atoms. The Morgan fingerprint density at radius 1 is 1.27 bits per heavy atom. The monoisotopic (exact) mass is 353 g/mol. The van der Waals surface area contributed by atoms with Gasteiger partial charge in [0.2, 0.25) is 0 Å². The van der Waals surface area contributed by atoms with E-state index < -0.39 is 0 Å². The lowest BCUT2D eigenvalue weighted by Gasteiger charge is -2.32. The molecule has 0 amide bonds. The number of imidazole rings is 1. The lowest BCUT2D eigenvalue weighted by atomic mass is 10.1.